The minimum atomic E-state index is -0.514. The fourth-order valence-corrected chi connectivity index (χ4v) is 3.36. The highest BCUT2D eigenvalue weighted by Gasteiger charge is 2.22. The number of hydrogen-bond acceptors (Lipinski definition) is 3. The van der Waals surface area contributed by atoms with Crippen LogP contribution in [0.1, 0.15) is 63.3 Å². The van der Waals surface area contributed by atoms with Crippen LogP contribution >= 0.6 is 0 Å². The Labute approximate surface area is 181 Å². The van der Waals surface area contributed by atoms with Crippen molar-refractivity contribution in [2.75, 3.05) is 6.54 Å². The maximum absolute atomic E-state index is 12.7. The van der Waals surface area contributed by atoms with Gasteiger partial charge in [0.25, 0.3) is 0 Å². The summed E-state index contributed by atoms with van der Waals surface area (Å²) >= 11 is 0. The number of carbonyl (C=O) groups is 1. The molecule has 0 aromatic heterocycles. The van der Waals surface area contributed by atoms with Crippen molar-refractivity contribution in [1.82, 2.24) is 4.90 Å². The second-order valence-corrected chi connectivity index (χ2v) is 9.38. The smallest absolute Gasteiger partial charge is 0.410 e. The number of ether oxygens (including phenoxy) is 1. The Morgan fingerprint density at radius 3 is 2.17 bits per heavy atom. The molecule has 0 aliphatic carbocycles. The van der Waals surface area contributed by atoms with Crippen LogP contribution in [0.3, 0.4) is 0 Å². The van der Waals surface area contributed by atoms with Crippen LogP contribution in [0, 0.1) is 31.1 Å². The largest absolute Gasteiger partial charge is 0.444 e. The molecule has 0 aliphatic heterocycles. The van der Waals surface area contributed by atoms with E-state index in [1.54, 1.807) is 4.90 Å². The van der Waals surface area contributed by atoms with Gasteiger partial charge in [0, 0.05) is 13.1 Å². The van der Waals surface area contributed by atoms with Gasteiger partial charge in [-0.25, -0.2) is 4.79 Å². The van der Waals surface area contributed by atoms with E-state index < -0.39 is 5.60 Å². The molecule has 0 atom stereocenters. The first-order valence-corrected chi connectivity index (χ1v) is 10.6. The van der Waals surface area contributed by atoms with Gasteiger partial charge in [-0.15, -0.1) is 0 Å². The third-order valence-electron chi connectivity index (χ3n) is 4.94. The summed E-state index contributed by atoms with van der Waals surface area (Å²) in [6.45, 7) is 15.3. The predicted octanol–water partition coefficient (Wildman–Crippen LogP) is 6.63. The van der Waals surface area contributed by atoms with Crippen molar-refractivity contribution in [2.24, 2.45) is 5.92 Å². The zero-order chi connectivity index (χ0) is 22.5. The van der Waals surface area contributed by atoms with E-state index in [0.29, 0.717) is 24.6 Å². The highest BCUT2D eigenvalue weighted by atomic mass is 16.6. The Bertz CT molecular complexity index is 933. The molecule has 4 nitrogen and oxygen atoms in total. The molecule has 0 heterocycles. The van der Waals surface area contributed by atoms with E-state index in [1.165, 1.54) is 0 Å². The summed E-state index contributed by atoms with van der Waals surface area (Å²) in [6.07, 6.45) is 0.661. The molecule has 4 heteroatoms. The topological polar surface area (TPSA) is 53.3 Å². The van der Waals surface area contributed by atoms with Crippen LogP contribution in [-0.4, -0.2) is 23.1 Å². The molecule has 2 aromatic carbocycles. The van der Waals surface area contributed by atoms with Crippen LogP contribution < -0.4 is 0 Å². The standard InChI is InChI=1S/C26H34N2O2/c1-18(2)12-13-28(25(29)30-26(5,6)7)17-22-9-11-24(20(4)15-22)23-10-8-21(16-27)14-19(23)3/h8-11,14-15,18H,12-13,17H2,1-7H3. The summed E-state index contributed by atoms with van der Waals surface area (Å²) in [6, 6.07) is 14.3. The molecule has 0 unspecified atom stereocenters. The second kappa shape index (κ2) is 9.80. The minimum absolute atomic E-state index is 0.271. The third-order valence-corrected chi connectivity index (χ3v) is 4.94. The number of hydrogen-bond donors (Lipinski definition) is 0. The lowest BCUT2D eigenvalue weighted by molar-refractivity contribution is 0.0225. The molecule has 0 radical (unpaired) electrons. The van der Waals surface area contributed by atoms with E-state index in [4.69, 9.17) is 10.00 Å². The van der Waals surface area contributed by atoms with Gasteiger partial charge in [-0.05, 0) is 86.9 Å². The van der Waals surface area contributed by atoms with Crippen molar-refractivity contribution < 1.29 is 9.53 Å². The highest BCUT2D eigenvalue weighted by molar-refractivity contribution is 5.72. The molecule has 30 heavy (non-hydrogen) atoms. The van der Waals surface area contributed by atoms with Gasteiger partial charge in [0.05, 0.1) is 11.6 Å². The van der Waals surface area contributed by atoms with E-state index in [-0.39, 0.29) is 6.09 Å². The molecule has 2 aromatic rings. The predicted molar refractivity (Wildman–Crippen MR) is 122 cm³/mol. The van der Waals surface area contributed by atoms with Gasteiger partial charge in [-0.3, -0.25) is 0 Å². The number of nitrogens with zero attached hydrogens (tertiary/aromatic N) is 2. The second-order valence-electron chi connectivity index (χ2n) is 9.38. The summed E-state index contributed by atoms with van der Waals surface area (Å²) in [4.78, 5) is 14.5. The normalized spacial score (nSPS) is 11.3. The SMILES string of the molecule is Cc1cc(C#N)ccc1-c1ccc(CN(CCC(C)C)C(=O)OC(C)(C)C)cc1C. The Morgan fingerprint density at radius 1 is 1.07 bits per heavy atom. The van der Waals surface area contributed by atoms with Crippen LogP contribution in [0.25, 0.3) is 11.1 Å². The van der Waals surface area contributed by atoms with Crippen LogP contribution in [0.4, 0.5) is 4.79 Å². The molecule has 0 saturated carbocycles. The Kier molecular flexibility index (Phi) is 7.67. The van der Waals surface area contributed by atoms with Gasteiger partial charge in [0.1, 0.15) is 5.60 Å². The first kappa shape index (κ1) is 23.5. The molecular formula is C26H34N2O2. The lowest BCUT2D eigenvalue weighted by atomic mass is 9.94. The maximum Gasteiger partial charge on any atom is 0.410 e. The minimum Gasteiger partial charge on any atom is -0.444 e. The van der Waals surface area contributed by atoms with Crippen molar-refractivity contribution in [2.45, 2.75) is 67.0 Å². The van der Waals surface area contributed by atoms with Crippen LogP contribution in [0.2, 0.25) is 0 Å². The Morgan fingerprint density at radius 2 is 1.67 bits per heavy atom. The van der Waals surface area contributed by atoms with Gasteiger partial charge in [-0.2, -0.15) is 5.26 Å². The molecular weight excluding hydrogens is 372 g/mol. The Hall–Kier alpha value is -2.80. The zero-order valence-electron chi connectivity index (χ0n) is 19.4. The summed E-state index contributed by atoms with van der Waals surface area (Å²) in [7, 11) is 0. The maximum atomic E-state index is 12.7. The van der Waals surface area contributed by atoms with Gasteiger partial charge in [0.2, 0.25) is 0 Å². The average molecular weight is 407 g/mol. The molecule has 0 N–H and O–H groups in total. The molecule has 0 fully saturated rings. The van der Waals surface area contributed by atoms with Crippen molar-refractivity contribution in [1.29, 1.82) is 5.26 Å². The van der Waals surface area contributed by atoms with Crippen LogP contribution in [0.5, 0.6) is 0 Å². The lowest BCUT2D eigenvalue weighted by Gasteiger charge is -2.28. The van der Waals surface area contributed by atoms with Crippen molar-refractivity contribution in [3.63, 3.8) is 0 Å². The summed E-state index contributed by atoms with van der Waals surface area (Å²) < 4.78 is 5.63. The number of rotatable bonds is 6. The summed E-state index contributed by atoms with van der Waals surface area (Å²) in [5.74, 6) is 0.512. The number of amides is 1. The molecule has 0 spiro atoms. The van der Waals surface area contributed by atoms with Gasteiger partial charge in [0.15, 0.2) is 0 Å². The molecule has 2 rings (SSSR count). The van der Waals surface area contributed by atoms with E-state index in [1.807, 2.05) is 45.9 Å². The first-order chi connectivity index (χ1) is 14.0. The average Bonchev–Trinajstić information content (AvgIpc) is 2.64. The Balaban J connectivity index is 2.26. The molecule has 1 amide bonds. The summed E-state index contributed by atoms with van der Waals surface area (Å²) in [5, 5.41) is 9.10. The van der Waals surface area contributed by atoms with E-state index >= 15 is 0 Å². The van der Waals surface area contributed by atoms with Gasteiger partial charge < -0.3 is 9.64 Å². The number of aryl methyl sites for hydroxylation is 2. The number of carbonyl (C=O) groups excluding carboxylic acids is 1. The highest BCUT2D eigenvalue weighted by Crippen LogP contribution is 2.28. The monoisotopic (exact) mass is 406 g/mol. The van der Waals surface area contributed by atoms with Gasteiger partial charge in [-0.1, -0.05) is 38.1 Å². The molecule has 0 bridgehead atoms. The molecule has 0 aliphatic rings. The third kappa shape index (κ3) is 6.62. The van der Waals surface area contributed by atoms with Crippen molar-refractivity contribution in [3.05, 3.63) is 58.7 Å². The number of benzene rings is 2. The van der Waals surface area contributed by atoms with Crippen LogP contribution in [-0.2, 0) is 11.3 Å². The van der Waals surface area contributed by atoms with E-state index in [2.05, 4.69) is 45.0 Å². The fraction of sp³-hybridized carbons (Fsp3) is 0.462. The van der Waals surface area contributed by atoms with Gasteiger partial charge >= 0.3 is 6.09 Å². The molecule has 0 saturated heterocycles. The van der Waals surface area contributed by atoms with Crippen LogP contribution in [0.15, 0.2) is 36.4 Å². The number of nitriles is 1. The quantitative estimate of drug-likeness (QED) is 0.541. The zero-order valence-corrected chi connectivity index (χ0v) is 19.4. The fourth-order valence-electron chi connectivity index (χ4n) is 3.36. The first-order valence-electron chi connectivity index (χ1n) is 10.6. The summed E-state index contributed by atoms with van der Waals surface area (Å²) in [5.41, 5.74) is 5.74. The lowest BCUT2D eigenvalue weighted by Crippen LogP contribution is -2.37. The van der Waals surface area contributed by atoms with E-state index in [9.17, 15) is 4.79 Å². The molecule has 160 valence electrons. The van der Waals surface area contributed by atoms with Crippen molar-refractivity contribution >= 4 is 6.09 Å². The van der Waals surface area contributed by atoms with E-state index in [0.717, 1.165) is 34.2 Å². The van der Waals surface area contributed by atoms with Crippen molar-refractivity contribution in [3.8, 4) is 17.2 Å².